The van der Waals surface area contributed by atoms with Crippen LogP contribution in [0.1, 0.15) is 31.4 Å². The highest BCUT2D eigenvalue weighted by atomic mass is 35.5. The molecule has 0 heterocycles. The summed E-state index contributed by atoms with van der Waals surface area (Å²) in [5.41, 5.74) is 1.48. The third-order valence-electron chi connectivity index (χ3n) is 4.20. The molecule has 0 aliphatic rings. The maximum atomic E-state index is 13.1. The molecule has 0 fully saturated rings. The Morgan fingerprint density at radius 2 is 1.81 bits per heavy atom. The smallest absolute Gasteiger partial charge is 0.242 e. The number of hydrogen-bond donors (Lipinski definition) is 1. The summed E-state index contributed by atoms with van der Waals surface area (Å²) < 4.78 is 13.1. The quantitative estimate of drug-likeness (QED) is 0.726. The molecule has 144 valence electrons. The summed E-state index contributed by atoms with van der Waals surface area (Å²) in [6, 6.07) is 10.2. The number of carbonyl (C=O) groups excluding carboxylic acids is 2. The van der Waals surface area contributed by atoms with Crippen LogP contribution in [0.2, 0.25) is 10.0 Å². The van der Waals surface area contributed by atoms with Gasteiger partial charge in [-0.1, -0.05) is 48.3 Å². The standard InChI is InChI=1S/C20H21Cl2FN2O2/c1-3-19(26)25(12-14-4-8-17(23)9-5-14)13(2)20(27)24-11-15-6-7-16(21)10-18(15)22/h4-10,13H,3,11-12H2,1-2H3,(H,24,27)/t13-/m0/s1. The predicted octanol–water partition coefficient (Wildman–Crippen LogP) is 4.58. The topological polar surface area (TPSA) is 49.4 Å². The van der Waals surface area contributed by atoms with Gasteiger partial charge < -0.3 is 10.2 Å². The molecule has 7 heteroatoms. The third kappa shape index (κ3) is 5.94. The first-order valence-corrected chi connectivity index (χ1v) is 9.33. The summed E-state index contributed by atoms with van der Waals surface area (Å²) in [5, 5.41) is 3.77. The molecule has 0 aromatic heterocycles. The fourth-order valence-corrected chi connectivity index (χ4v) is 3.04. The van der Waals surface area contributed by atoms with Crippen LogP contribution >= 0.6 is 23.2 Å². The van der Waals surface area contributed by atoms with E-state index in [1.165, 1.54) is 17.0 Å². The van der Waals surface area contributed by atoms with Crippen molar-refractivity contribution >= 4 is 35.0 Å². The fourth-order valence-electron chi connectivity index (χ4n) is 2.57. The van der Waals surface area contributed by atoms with Crippen LogP contribution < -0.4 is 5.32 Å². The van der Waals surface area contributed by atoms with Crippen molar-refractivity contribution in [2.45, 2.75) is 39.4 Å². The van der Waals surface area contributed by atoms with E-state index in [4.69, 9.17) is 23.2 Å². The lowest BCUT2D eigenvalue weighted by Gasteiger charge is -2.28. The maximum absolute atomic E-state index is 13.1. The molecule has 4 nitrogen and oxygen atoms in total. The predicted molar refractivity (Wildman–Crippen MR) is 105 cm³/mol. The zero-order valence-corrected chi connectivity index (χ0v) is 16.6. The van der Waals surface area contributed by atoms with Crippen LogP contribution in [0.5, 0.6) is 0 Å². The summed E-state index contributed by atoms with van der Waals surface area (Å²) >= 11 is 12.0. The van der Waals surface area contributed by atoms with Crippen LogP contribution in [0.15, 0.2) is 42.5 Å². The Morgan fingerprint density at radius 1 is 1.15 bits per heavy atom. The molecular weight excluding hydrogens is 390 g/mol. The molecule has 0 spiro atoms. The van der Waals surface area contributed by atoms with Gasteiger partial charge in [-0.15, -0.1) is 0 Å². The lowest BCUT2D eigenvalue weighted by Crippen LogP contribution is -2.47. The van der Waals surface area contributed by atoms with E-state index in [0.717, 1.165) is 11.1 Å². The van der Waals surface area contributed by atoms with Crippen LogP contribution in [0.3, 0.4) is 0 Å². The van der Waals surface area contributed by atoms with Crippen molar-refractivity contribution in [3.05, 3.63) is 69.5 Å². The second-order valence-corrected chi connectivity index (χ2v) is 6.97. The minimum Gasteiger partial charge on any atom is -0.350 e. The molecule has 0 radical (unpaired) electrons. The van der Waals surface area contributed by atoms with Crippen molar-refractivity contribution in [3.8, 4) is 0 Å². The Hall–Kier alpha value is -2.11. The van der Waals surface area contributed by atoms with Gasteiger partial charge >= 0.3 is 0 Å². The third-order valence-corrected chi connectivity index (χ3v) is 4.79. The van der Waals surface area contributed by atoms with Crippen molar-refractivity contribution < 1.29 is 14.0 Å². The van der Waals surface area contributed by atoms with E-state index in [0.29, 0.717) is 10.0 Å². The molecular formula is C20H21Cl2FN2O2. The first-order valence-electron chi connectivity index (χ1n) is 8.57. The summed E-state index contributed by atoms with van der Waals surface area (Å²) in [6.45, 7) is 3.85. The lowest BCUT2D eigenvalue weighted by molar-refractivity contribution is -0.140. The molecule has 2 rings (SSSR count). The van der Waals surface area contributed by atoms with Gasteiger partial charge in [0.15, 0.2) is 0 Å². The number of carbonyl (C=O) groups is 2. The van der Waals surface area contributed by atoms with Gasteiger partial charge in [0.2, 0.25) is 11.8 Å². The van der Waals surface area contributed by atoms with Gasteiger partial charge in [0.05, 0.1) is 0 Å². The first kappa shape index (κ1) is 21.2. The highest BCUT2D eigenvalue weighted by molar-refractivity contribution is 6.35. The van der Waals surface area contributed by atoms with Crippen molar-refractivity contribution in [1.29, 1.82) is 0 Å². The van der Waals surface area contributed by atoms with Gasteiger partial charge in [-0.2, -0.15) is 0 Å². The maximum Gasteiger partial charge on any atom is 0.242 e. The van der Waals surface area contributed by atoms with Crippen molar-refractivity contribution in [1.82, 2.24) is 10.2 Å². The molecule has 0 unspecified atom stereocenters. The number of hydrogen-bond acceptors (Lipinski definition) is 2. The SMILES string of the molecule is CCC(=O)N(Cc1ccc(F)cc1)[C@@H](C)C(=O)NCc1ccc(Cl)cc1Cl. The monoisotopic (exact) mass is 410 g/mol. The number of rotatable bonds is 7. The number of nitrogens with one attached hydrogen (secondary N) is 1. The van der Waals surface area contributed by atoms with Crippen LogP contribution in [-0.2, 0) is 22.7 Å². The van der Waals surface area contributed by atoms with Crippen LogP contribution in [0, 0.1) is 5.82 Å². The van der Waals surface area contributed by atoms with E-state index in [2.05, 4.69) is 5.32 Å². The van der Waals surface area contributed by atoms with Crippen LogP contribution in [0.4, 0.5) is 4.39 Å². The second-order valence-electron chi connectivity index (χ2n) is 6.13. The van der Waals surface area contributed by atoms with Crippen molar-refractivity contribution in [2.24, 2.45) is 0 Å². The van der Waals surface area contributed by atoms with Gasteiger partial charge in [-0.05, 0) is 42.3 Å². The van der Waals surface area contributed by atoms with Gasteiger partial charge in [-0.3, -0.25) is 9.59 Å². The number of benzene rings is 2. The Balaban J connectivity index is 2.06. The number of amides is 2. The van der Waals surface area contributed by atoms with E-state index in [9.17, 15) is 14.0 Å². The van der Waals surface area contributed by atoms with E-state index >= 15 is 0 Å². The molecule has 0 bridgehead atoms. The Morgan fingerprint density at radius 3 is 2.41 bits per heavy atom. The van der Waals surface area contributed by atoms with Crippen molar-refractivity contribution in [3.63, 3.8) is 0 Å². The average Bonchev–Trinajstić information content (AvgIpc) is 2.65. The summed E-state index contributed by atoms with van der Waals surface area (Å²) in [6.07, 6.45) is 0.266. The van der Waals surface area contributed by atoms with E-state index < -0.39 is 6.04 Å². The Bertz CT molecular complexity index is 812. The zero-order valence-electron chi connectivity index (χ0n) is 15.1. The lowest BCUT2D eigenvalue weighted by atomic mass is 10.1. The molecule has 1 N–H and O–H groups in total. The molecule has 2 aromatic carbocycles. The molecule has 0 saturated heterocycles. The summed E-state index contributed by atoms with van der Waals surface area (Å²) in [5.74, 6) is -0.811. The zero-order chi connectivity index (χ0) is 20.0. The molecule has 2 amide bonds. The summed E-state index contributed by atoms with van der Waals surface area (Å²) in [7, 11) is 0. The normalized spacial score (nSPS) is 11.7. The fraction of sp³-hybridized carbons (Fsp3) is 0.300. The molecule has 0 saturated carbocycles. The molecule has 0 aliphatic carbocycles. The molecule has 0 aliphatic heterocycles. The van der Waals surface area contributed by atoms with E-state index in [1.807, 2.05) is 0 Å². The highest BCUT2D eigenvalue weighted by Crippen LogP contribution is 2.21. The Kier molecular flexibility index (Phi) is 7.63. The first-order chi connectivity index (χ1) is 12.8. The molecule has 2 aromatic rings. The van der Waals surface area contributed by atoms with Gasteiger partial charge in [0, 0.05) is 29.6 Å². The minimum atomic E-state index is -0.687. The van der Waals surface area contributed by atoms with Crippen LogP contribution in [-0.4, -0.2) is 22.8 Å². The van der Waals surface area contributed by atoms with Gasteiger partial charge in [0.1, 0.15) is 11.9 Å². The van der Waals surface area contributed by atoms with E-state index in [-0.39, 0.29) is 37.1 Å². The molecule has 27 heavy (non-hydrogen) atoms. The summed E-state index contributed by atoms with van der Waals surface area (Å²) in [4.78, 5) is 26.4. The average molecular weight is 411 g/mol. The molecule has 1 atom stereocenters. The van der Waals surface area contributed by atoms with Gasteiger partial charge in [0.25, 0.3) is 0 Å². The van der Waals surface area contributed by atoms with Crippen molar-refractivity contribution in [2.75, 3.05) is 0 Å². The largest absolute Gasteiger partial charge is 0.350 e. The van der Waals surface area contributed by atoms with E-state index in [1.54, 1.807) is 44.2 Å². The van der Waals surface area contributed by atoms with Gasteiger partial charge in [-0.25, -0.2) is 4.39 Å². The number of nitrogens with zero attached hydrogens (tertiary/aromatic N) is 1. The highest BCUT2D eigenvalue weighted by Gasteiger charge is 2.25. The number of halogens is 3. The van der Waals surface area contributed by atoms with Crippen LogP contribution in [0.25, 0.3) is 0 Å². The second kappa shape index (κ2) is 9.72. The minimum absolute atomic E-state index is 0.161. The Labute approximate surface area is 168 Å².